The summed E-state index contributed by atoms with van der Waals surface area (Å²) < 4.78 is 13.2. The highest BCUT2D eigenvalue weighted by molar-refractivity contribution is 6.30. The fraction of sp³-hybridized carbons (Fsp3) is 0.588. The number of piperidine rings is 1. The molecule has 1 amide bonds. The predicted molar refractivity (Wildman–Crippen MR) is 87.4 cm³/mol. The van der Waals surface area contributed by atoms with Crippen LogP contribution in [0.5, 0.6) is 0 Å². The second-order valence-corrected chi connectivity index (χ2v) is 6.53. The number of nitrogens with one attached hydrogen (secondary N) is 1. The van der Waals surface area contributed by atoms with Gasteiger partial charge in [0.1, 0.15) is 5.82 Å². The number of likely N-dealkylation sites (tertiary alicyclic amines) is 1. The second kappa shape index (κ2) is 7.42. The Morgan fingerprint density at radius 2 is 2.27 bits per heavy atom. The number of amides is 1. The van der Waals surface area contributed by atoms with E-state index in [4.69, 9.17) is 11.6 Å². The van der Waals surface area contributed by atoms with Crippen molar-refractivity contribution in [2.24, 2.45) is 5.92 Å². The molecule has 1 aromatic carbocycles. The van der Waals surface area contributed by atoms with E-state index in [-0.39, 0.29) is 17.0 Å². The molecule has 1 aromatic rings. The number of hydrogen-bond acceptors (Lipinski definition) is 2. The summed E-state index contributed by atoms with van der Waals surface area (Å²) in [6, 6.07) is 5.29. The van der Waals surface area contributed by atoms with Crippen LogP contribution in [0.3, 0.4) is 0 Å². The van der Waals surface area contributed by atoms with Gasteiger partial charge in [0.05, 0.1) is 5.02 Å². The van der Waals surface area contributed by atoms with Crippen LogP contribution in [-0.2, 0) is 4.79 Å². The molecule has 1 saturated heterocycles. The quantitative estimate of drug-likeness (QED) is 0.913. The number of carbonyl (C=O) groups excluding carboxylic acids is 1. The van der Waals surface area contributed by atoms with Gasteiger partial charge in [-0.25, -0.2) is 4.39 Å². The Hall–Kier alpha value is -1.13. The maximum Gasteiger partial charge on any atom is 0.222 e. The Bertz CT molecular complexity index is 537. The third-order valence-corrected chi connectivity index (χ3v) is 4.76. The predicted octanol–water partition coefficient (Wildman–Crippen LogP) is 3.78. The first kappa shape index (κ1) is 17.2. The minimum atomic E-state index is -0.391. The molecule has 1 aliphatic rings. The zero-order valence-electron chi connectivity index (χ0n) is 13.4. The average Bonchev–Trinajstić information content (AvgIpc) is 2.51. The molecule has 0 aliphatic carbocycles. The number of nitrogens with zero attached hydrogens (tertiary/aromatic N) is 1. The van der Waals surface area contributed by atoms with Gasteiger partial charge in [-0.15, -0.1) is 0 Å². The van der Waals surface area contributed by atoms with E-state index in [2.05, 4.69) is 19.2 Å². The molecule has 0 saturated carbocycles. The summed E-state index contributed by atoms with van der Waals surface area (Å²) in [5, 5.41) is 3.75. The maximum absolute atomic E-state index is 13.2. The fourth-order valence-corrected chi connectivity index (χ4v) is 3.23. The molecule has 22 heavy (non-hydrogen) atoms. The van der Waals surface area contributed by atoms with Gasteiger partial charge in [-0.05, 0) is 37.0 Å². The molecule has 0 radical (unpaired) electrons. The van der Waals surface area contributed by atoms with Gasteiger partial charge in [-0.3, -0.25) is 4.79 Å². The minimum Gasteiger partial charge on any atom is -0.342 e. The molecule has 1 N–H and O–H groups in total. The third-order valence-electron chi connectivity index (χ3n) is 4.47. The van der Waals surface area contributed by atoms with E-state index in [0.717, 1.165) is 25.1 Å². The van der Waals surface area contributed by atoms with E-state index in [1.165, 1.54) is 6.07 Å². The molecule has 122 valence electrons. The number of carbonyl (C=O) groups is 1. The summed E-state index contributed by atoms with van der Waals surface area (Å²) in [6.07, 6.45) is 1.50. The van der Waals surface area contributed by atoms with Gasteiger partial charge in [0.2, 0.25) is 5.91 Å². The summed E-state index contributed by atoms with van der Waals surface area (Å²) in [5.74, 6) is 0.226. The Morgan fingerprint density at radius 3 is 2.86 bits per heavy atom. The van der Waals surface area contributed by atoms with Crippen molar-refractivity contribution in [1.82, 2.24) is 10.2 Å². The molecule has 5 heteroatoms. The lowest BCUT2D eigenvalue weighted by atomic mass is 9.92. The lowest BCUT2D eigenvalue weighted by Gasteiger charge is -2.38. The Kier molecular flexibility index (Phi) is 5.81. The van der Waals surface area contributed by atoms with Crippen molar-refractivity contribution in [1.29, 1.82) is 0 Å². The van der Waals surface area contributed by atoms with E-state index >= 15 is 0 Å². The number of benzene rings is 1. The first-order valence-corrected chi connectivity index (χ1v) is 8.29. The summed E-state index contributed by atoms with van der Waals surface area (Å²) in [5.41, 5.74) is 0.977. The van der Waals surface area contributed by atoms with Gasteiger partial charge in [0.25, 0.3) is 0 Å². The van der Waals surface area contributed by atoms with Crippen molar-refractivity contribution in [3.8, 4) is 0 Å². The van der Waals surface area contributed by atoms with Gasteiger partial charge in [-0.1, -0.05) is 31.5 Å². The number of halogens is 2. The van der Waals surface area contributed by atoms with Crippen LogP contribution in [0.15, 0.2) is 18.2 Å². The smallest absolute Gasteiger partial charge is 0.222 e. The lowest BCUT2D eigenvalue weighted by molar-refractivity contribution is -0.132. The normalized spacial score (nSPS) is 23.4. The highest BCUT2D eigenvalue weighted by Gasteiger charge is 2.28. The first-order chi connectivity index (χ1) is 10.4. The monoisotopic (exact) mass is 326 g/mol. The van der Waals surface area contributed by atoms with Gasteiger partial charge in [0, 0.05) is 31.6 Å². The fourth-order valence-electron chi connectivity index (χ4n) is 3.04. The van der Waals surface area contributed by atoms with Crippen molar-refractivity contribution in [2.45, 2.75) is 45.7 Å². The Balaban J connectivity index is 1.96. The summed E-state index contributed by atoms with van der Waals surface area (Å²) in [6.45, 7) is 7.71. The largest absolute Gasteiger partial charge is 0.342 e. The maximum atomic E-state index is 13.2. The SMILES string of the molecule is CCC(=O)N1CC[C@H](N[C@@H](C)c2ccc(F)c(Cl)c2)[C@@H](C)C1. The standard InChI is InChI=1S/C17H24ClFN2O/c1-4-17(22)21-8-7-16(11(2)10-21)20-12(3)13-5-6-15(19)14(18)9-13/h5-6,9,11-12,16,20H,4,7-8,10H2,1-3H3/t11-,12-,16-/m0/s1. The molecule has 1 heterocycles. The van der Waals surface area contributed by atoms with E-state index < -0.39 is 5.82 Å². The van der Waals surface area contributed by atoms with Gasteiger partial charge >= 0.3 is 0 Å². The van der Waals surface area contributed by atoms with Crippen molar-refractivity contribution < 1.29 is 9.18 Å². The highest BCUT2D eigenvalue weighted by atomic mass is 35.5. The van der Waals surface area contributed by atoms with Gasteiger partial charge < -0.3 is 10.2 Å². The first-order valence-electron chi connectivity index (χ1n) is 7.91. The molecule has 2 rings (SSSR count). The summed E-state index contributed by atoms with van der Waals surface area (Å²) >= 11 is 5.85. The van der Waals surface area contributed by atoms with Gasteiger partial charge in [-0.2, -0.15) is 0 Å². The molecular formula is C17H24ClFN2O. The lowest BCUT2D eigenvalue weighted by Crippen LogP contribution is -2.50. The zero-order valence-corrected chi connectivity index (χ0v) is 14.2. The van der Waals surface area contributed by atoms with Crippen molar-refractivity contribution in [3.63, 3.8) is 0 Å². The molecule has 3 atom stereocenters. The van der Waals surface area contributed by atoms with E-state index in [1.807, 2.05) is 11.8 Å². The van der Waals surface area contributed by atoms with Crippen LogP contribution in [-0.4, -0.2) is 29.9 Å². The van der Waals surface area contributed by atoms with Crippen LogP contribution < -0.4 is 5.32 Å². The molecule has 0 aromatic heterocycles. The highest BCUT2D eigenvalue weighted by Crippen LogP contribution is 2.24. The van der Waals surface area contributed by atoms with Crippen molar-refractivity contribution >= 4 is 17.5 Å². The molecule has 0 unspecified atom stereocenters. The van der Waals surface area contributed by atoms with Crippen LogP contribution >= 0.6 is 11.6 Å². The zero-order chi connectivity index (χ0) is 16.3. The van der Waals surface area contributed by atoms with E-state index in [0.29, 0.717) is 18.4 Å². The Labute approximate surface area is 136 Å². The van der Waals surface area contributed by atoms with Crippen LogP contribution in [0.2, 0.25) is 5.02 Å². The Morgan fingerprint density at radius 1 is 1.55 bits per heavy atom. The molecule has 1 aliphatic heterocycles. The molecular weight excluding hydrogens is 303 g/mol. The van der Waals surface area contributed by atoms with Gasteiger partial charge in [0.15, 0.2) is 0 Å². The van der Waals surface area contributed by atoms with Crippen molar-refractivity contribution in [3.05, 3.63) is 34.6 Å². The number of hydrogen-bond donors (Lipinski definition) is 1. The minimum absolute atomic E-state index is 0.0963. The van der Waals surface area contributed by atoms with E-state index in [1.54, 1.807) is 12.1 Å². The third kappa shape index (κ3) is 3.99. The average molecular weight is 327 g/mol. The molecule has 3 nitrogen and oxygen atoms in total. The molecule has 0 spiro atoms. The van der Waals surface area contributed by atoms with Crippen LogP contribution in [0, 0.1) is 11.7 Å². The summed E-state index contributed by atoms with van der Waals surface area (Å²) in [7, 11) is 0. The van der Waals surface area contributed by atoms with Crippen LogP contribution in [0.25, 0.3) is 0 Å². The molecule has 0 bridgehead atoms. The molecule has 1 fully saturated rings. The van der Waals surface area contributed by atoms with E-state index in [9.17, 15) is 9.18 Å². The topological polar surface area (TPSA) is 32.3 Å². The summed E-state index contributed by atoms with van der Waals surface area (Å²) in [4.78, 5) is 13.7. The van der Waals surface area contributed by atoms with Crippen LogP contribution in [0.1, 0.15) is 45.2 Å². The van der Waals surface area contributed by atoms with Crippen LogP contribution in [0.4, 0.5) is 4.39 Å². The second-order valence-electron chi connectivity index (χ2n) is 6.13. The van der Waals surface area contributed by atoms with Crippen molar-refractivity contribution in [2.75, 3.05) is 13.1 Å². The number of rotatable bonds is 4.